The van der Waals surface area contributed by atoms with E-state index in [1.54, 1.807) is 0 Å². The van der Waals surface area contributed by atoms with E-state index in [2.05, 4.69) is 12.3 Å². The third kappa shape index (κ3) is 6.42. The molecule has 102 valence electrons. The van der Waals surface area contributed by atoms with Gasteiger partial charge in [0.15, 0.2) is 0 Å². The van der Waals surface area contributed by atoms with E-state index in [9.17, 15) is 0 Å². The van der Waals surface area contributed by atoms with E-state index in [1.165, 1.54) is 77.0 Å². The van der Waals surface area contributed by atoms with Crippen molar-refractivity contribution in [1.82, 2.24) is 5.43 Å². The molecule has 2 heteroatoms. The molecule has 0 amide bonds. The lowest BCUT2D eigenvalue weighted by molar-refractivity contribution is 0.255. The lowest BCUT2D eigenvalue weighted by atomic mass is 9.82. The smallest absolute Gasteiger partial charge is 0.0238 e. The SMILES string of the molecule is CCCCCCCCC(NN)C1CCCCC1. The molecule has 1 saturated carbocycles. The molecule has 0 aliphatic heterocycles. The molecule has 0 bridgehead atoms. The standard InChI is InChI=1S/C15H32N2/c1-2-3-4-5-6-10-13-15(17-16)14-11-8-7-9-12-14/h14-15,17H,2-13,16H2,1H3. The lowest BCUT2D eigenvalue weighted by Gasteiger charge is -2.29. The van der Waals surface area contributed by atoms with E-state index < -0.39 is 0 Å². The molecule has 0 aromatic rings. The molecule has 1 fully saturated rings. The maximum absolute atomic E-state index is 5.72. The summed E-state index contributed by atoms with van der Waals surface area (Å²) in [6.07, 6.45) is 16.7. The first-order chi connectivity index (χ1) is 8.38. The molecule has 1 aliphatic rings. The minimum Gasteiger partial charge on any atom is -0.271 e. The average molecular weight is 240 g/mol. The van der Waals surface area contributed by atoms with Crippen LogP contribution < -0.4 is 11.3 Å². The van der Waals surface area contributed by atoms with Gasteiger partial charge in [0.25, 0.3) is 0 Å². The molecule has 1 atom stereocenters. The predicted molar refractivity (Wildman–Crippen MR) is 75.7 cm³/mol. The molecule has 1 rings (SSSR count). The van der Waals surface area contributed by atoms with Gasteiger partial charge in [-0.2, -0.15) is 0 Å². The molecule has 0 saturated heterocycles. The fourth-order valence-electron chi connectivity index (χ4n) is 3.14. The number of unbranched alkanes of at least 4 members (excludes halogenated alkanes) is 5. The quantitative estimate of drug-likeness (QED) is 0.361. The Bertz CT molecular complexity index is 164. The van der Waals surface area contributed by atoms with Crippen LogP contribution in [0.5, 0.6) is 0 Å². The van der Waals surface area contributed by atoms with Crippen LogP contribution in [0.15, 0.2) is 0 Å². The molecule has 2 nitrogen and oxygen atoms in total. The molecule has 0 heterocycles. The summed E-state index contributed by atoms with van der Waals surface area (Å²) in [5.41, 5.74) is 3.07. The van der Waals surface area contributed by atoms with Crippen molar-refractivity contribution >= 4 is 0 Å². The van der Waals surface area contributed by atoms with Crippen molar-refractivity contribution in [2.75, 3.05) is 0 Å². The van der Waals surface area contributed by atoms with E-state index in [1.807, 2.05) is 0 Å². The summed E-state index contributed by atoms with van der Waals surface area (Å²) in [7, 11) is 0. The van der Waals surface area contributed by atoms with Gasteiger partial charge < -0.3 is 0 Å². The monoisotopic (exact) mass is 240 g/mol. The van der Waals surface area contributed by atoms with Gasteiger partial charge in [0.1, 0.15) is 0 Å². The van der Waals surface area contributed by atoms with Crippen LogP contribution in [0.3, 0.4) is 0 Å². The van der Waals surface area contributed by atoms with Gasteiger partial charge in [0.05, 0.1) is 0 Å². The van der Waals surface area contributed by atoms with Crippen LogP contribution in [0.4, 0.5) is 0 Å². The summed E-state index contributed by atoms with van der Waals surface area (Å²) in [5.74, 6) is 6.57. The molecule has 17 heavy (non-hydrogen) atoms. The number of hydrogen-bond donors (Lipinski definition) is 2. The number of hydrazine groups is 1. The van der Waals surface area contributed by atoms with Gasteiger partial charge >= 0.3 is 0 Å². The summed E-state index contributed by atoms with van der Waals surface area (Å²) in [5, 5.41) is 0. The van der Waals surface area contributed by atoms with Crippen LogP contribution in [0.1, 0.15) is 84.0 Å². The Hall–Kier alpha value is -0.0800. The van der Waals surface area contributed by atoms with Gasteiger partial charge in [-0.05, 0) is 25.2 Å². The minimum absolute atomic E-state index is 0.585. The van der Waals surface area contributed by atoms with Crippen molar-refractivity contribution in [2.24, 2.45) is 11.8 Å². The van der Waals surface area contributed by atoms with Gasteiger partial charge in [0, 0.05) is 6.04 Å². The first-order valence-electron chi connectivity index (χ1n) is 7.84. The van der Waals surface area contributed by atoms with Gasteiger partial charge in [-0.1, -0.05) is 64.7 Å². The molecule has 0 radical (unpaired) electrons. The Morgan fingerprint density at radius 2 is 1.65 bits per heavy atom. The van der Waals surface area contributed by atoms with Crippen LogP contribution in [0, 0.1) is 5.92 Å². The van der Waals surface area contributed by atoms with Gasteiger partial charge in [-0.25, -0.2) is 0 Å². The number of rotatable bonds is 9. The van der Waals surface area contributed by atoms with Crippen molar-refractivity contribution in [2.45, 2.75) is 90.0 Å². The van der Waals surface area contributed by atoms with E-state index in [4.69, 9.17) is 5.84 Å². The van der Waals surface area contributed by atoms with E-state index >= 15 is 0 Å². The number of nitrogens with one attached hydrogen (secondary N) is 1. The highest BCUT2D eigenvalue weighted by atomic mass is 15.2. The highest BCUT2D eigenvalue weighted by Gasteiger charge is 2.21. The highest BCUT2D eigenvalue weighted by Crippen LogP contribution is 2.28. The van der Waals surface area contributed by atoms with Crippen molar-refractivity contribution in [1.29, 1.82) is 0 Å². The van der Waals surface area contributed by atoms with Crippen molar-refractivity contribution in [3.8, 4) is 0 Å². The van der Waals surface area contributed by atoms with Gasteiger partial charge in [-0.3, -0.25) is 11.3 Å². The number of hydrogen-bond acceptors (Lipinski definition) is 2. The largest absolute Gasteiger partial charge is 0.271 e. The molecular weight excluding hydrogens is 208 g/mol. The summed E-state index contributed by atoms with van der Waals surface area (Å²) in [6.45, 7) is 2.28. The fourth-order valence-corrected chi connectivity index (χ4v) is 3.14. The van der Waals surface area contributed by atoms with Gasteiger partial charge in [0.2, 0.25) is 0 Å². The van der Waals surface area contributed by atoms with E-state index in [0.717, 1.165) is 5.92 Å². The van der Waals surface area contributed by atoms with E-state index in [0.29, 0.717) is 6.04 Å². The summed E-state index contributed by atoms with van der Waals surface area (Å²) < 4.78 is 0. The summed E-state index contributed by atoms with van der Waals surface area (Å²) in [6, 6.07) is 0.585. The fraction of sp³-hybridized carbons (Fsp3) is 1.00. The zero-order valence-electron chi connectivity index (χ0n) is 11.7. The number of nitrogens with two attached hydrogens (primary N) is 1. The van der Waals surface area contributed by atoms with Crippen LogP contribution in [0.25, 0.3) is 0 Å². The third-order valence-electron chi connectivity index (χ3n) is 4.30. The topological polar surface area (TPSA) is 38.0 Å². The van der Waals surface area contributed by atoms with Crippen LogP contribution in [-0.2, 0) is 0 Å². The molecule has 0 aromatic heterocycles. The van der Waals surface area contributed by atoms with Crippen molar-refractivity contribution in [3.63, 3.8) is 0 Å². The lowest BCUT2D eigenvalue weighted by Crippen LogP contribution is -2.41. The first-order valence-corrected chi connectivity index (χ1v) is 7.84. The Morgan fingerprint density at radius 1 is 1.00 bits per heavy atom. The Labute approximate surface area is 108 Å². The zero-order chi connectivity index (χ0) is 12.3. The van der Waals surface area contributed by atoms with Crippen LogP contribution in [0.2, 0.25) is 0 Å². The summed E-state index contributed by atoms with van der Waals surface area (Å²) in [4.78, 5) is 0. The zero-order valence-corrected chi connectivity index (χ0v) is 11.7. The normalized spacial score (nSPS) is 19.4. The average Bonchev–Trinajstić information content (AvgIpc) is 2.39. The summed E-state index contributed by atoms with van der Waals surface area (Å²) >= 11 is 0. The molecule has 1 aliphatic carbocycles. The first kappa shape index (κ1) is 15.0. The Kier molecular flexibility index (Phi) is 8.72. The van der Waals surface area contributed by atoms with Crippen LogP contribution >= 0.6 is 0 Å². The maximum atomic E-state index is 5.72. The highest BCUT2D eigenvalue weighted by molar-refractivity contribution is 4.77. The second-order valence-electron chi connectivity index (χ2n) is 5.73. The third-order valence-corrected chi connectivity index (χ3v) is 4.30. The maximum Gasteiger partial charge on any atom is 0.0238 e. The van der Waals surface area contributed by atoms with Gasteiger partial charge in [-0.15, -0.1) is 0 Å². The molecule has 1 unspecified atom stereocenters. The Balaban J connectivity index is 2.05. The van der Waals surface area contributed by atoms with Crippen molar-refractivity contribution < 1.29 is 0 Å². The Morgan fingerprint density at radius 3 is 2.29 bits per heavy atom. The molecule has 0 aromatic carbocycles. The molecular formula is C15H32N2. The minimum atomic E-state index is 0.585. The second kappa shape index (κ2) is 9.90. The van der Waals surface area contributed by atoms with E-state index in [-0.39, 0.29) is 0 Å². The molecule has 0 spiro atoms. The predicted octanol–water partition coefficient (Wildman–Crippen LogP) is 4.15. The van der Waals surface area contributed by atoms with Crippen molar-refractivity contribution in [3.05, 3.63) is 0 Å². The van der Waals surface area contributed by atoms with Crippen LogP contribution in [-0.4, -0.2) is 6.04 Å². The molecule has 3 N–H and O–H groups in total. The second-order valence-corrected chi connectivity index (χ2v) is 5.73.